The Kier molecular flexibility index (Phi) is 4.19. The fourth-order valence-corrected chi connectivity index (χ4v) is 1.90. The standard InChI is InChI=1S/C14H21/c1-5-7-13-9-12(4)14(8-6-2)10-11(13)3/h9H,5-8H2,1-4H3. The summed E-state index contributed by atoms with van der Waals surface area (Å²) < 4.78 is 0. The van der Waals surface area contributed by atoms with Crippen LogP contribution in [0.2, 0.25) is 0 Å². The molecule has 0 spiro atoms. The van der Waals surface area contributed by atoms with Gasteiger partial charge >= 0.3 is 0 Å². The van der Waals surface area contributed by atoms with Gasteiger partial charge in [0, 0.05) is 0 Å². The molecular weight excluding hydrogens is 168 g/mol. The van der Waals surface area contributed by atoms with E-state index in [0.29, 0.717) is 0 Å². The van der Waals surface area contributed by atoms with Gasteiger partial charge in [-0.05, 0) is 55.0 Å². The van der Waals surface area contributed by atoms with E-state index >= 15 is 0 Å². The molecule has 0 fully saturated rings. The van der Waals surface area contributed by atoms with Gasteiger partial charge in [-0.25, -0.2) is 0 Å². The van der Waals surface area contributed by atoms with Crippen molar-refractivity contribution < 1.29 is 0 Å². The Hall–Kier alpha value is -0.780. The van der Waals surface area contributed by atoms with E-state index in [1.165, 1.54) is 47.9 Å². The molecule has 14 heavy (non-hydrogen) atoms. The van der Waals surface area contributed by atoms with Gasteiger partial charge in [-0.2, -0.15) is 0 Å². The van der Waals surface area contributed by atoms with E-state index in [1.807, 2.05) is 0 Å². The summed E-state index contributed by atoms with van der Waals surface area (Å²) in [4.78, 5) is 0. The molecular formula is C14H21. The van der Waals surface area contributed by atoms with E-state index in [2.05, 4.69) is 39.8 Å². The Morgan fingerprint density at radius 3 is 2.29 bits per heavy atom. The molecule has 77 valence electrons. The largest absolute Gasteiger partial charge is 0.0651 e. The summed E-state index contributed by atoms with van der Waals surface area (Å²) in [6, 6.07) is 5.88. The highest BCUT2D eigenvalue weighted by molar-refractivity contribution is 5.36. The van der Waals surface area contributed by atoms with Gasteiger partial charge in [-0.1, -0.05) is 32.8 Å². The molecule has 0 aliphatic heterocycles. The SMILES string of the molecule is CCCc1[c]c(C)c(CCC)cc1C. The summed E-state index contributed by atoms with van der Waals surface area (Å²) in [6.45, 7) is 8.85. The monoisotopic (exact) mass is 189 g/mol. The smallest absolute Gasteiger partial charge is 0.0112 e. The van der Waals surface area contributed by atoms with Crippen molar-refractivity contribution in [1.82, 2.24) is 0 Å². The van der Waals surface area contributed by atoms with E-state index in [0.717, 1.165) is 0 Å². The van der Waals surface area contributed by atoms with E-state index in [1.54, 1.807) is 0 Å². The van der Waals surface area contributed by atoms with Crippen molar-refractivity contribution in [1.29, 1.82) is 0 Å². The topological polar surface area (TPSA) is 0 Å². The molecule has 0 unspecified atom stereocenters. The van der Waals surface area contributed by atoms with Gasteiger partial charge < -0.3 is 0 Å². The van der Waals surface area contributed by atoms with Crippen molar-refractivity contribution in [2.75, 3.05) is 0 Å². The molecule has 0 heteroatoms. The normalized spacial score (nSPS) is 10.6. The minimum absolute atomic E-state index is 1.17. The van der Waals surface area contributed by atoms with Gasteiger partial charge in [0.15, 0.2) is 0 Å². The number of hydrogen-bond acceptors (Lipinski definition) is 0. The molecule has 0 saturated heterocycles. The Labute approximate surface area is 88.4 Å². The van der Waals surface area contributed by atoms with E-state index in [9.17, 15) is 0 Å². The molecule has 0 aromatic heterocycles. The van der Waals surface area contributed by atoms with Crippen LogP contribution in [-0.4, -0.2) is 0 Å². The Bertz CT molecular complexity index is 265. The molecule has 1 rings (SSSR count). The zero-order chi connectivity index (χ0) is 10.6. The van der Waals surface area contributed by atoms with Crippen molar-refractivity contribution in [2.24, 2.45) is 0 Å². The average Bonchev–Trinajstić information content (AvgIpc) is 2.14. The third-order valence-corrected chi connectivity index (χ3v) is 2.71. The fourth-order valence-electron chi connectivity index (χ4n) is 1.90. The first-order valence-electron chi connectivity index (χ1n) is 5.70. The van der Waals surface area contributed by atoms with E-state index in [4.69, 9.17) is 0 Å². The maximum atomic E-state index is 3.53. The van der Waals surface area contributed by atoms with Crippen LogP contribution in [0.4, 0.5) is 0 Å². The molecule has 0 heterocycles. The van der Waals surface area contributed by atoms with Crippen molar-refractivity contribution in [3.05, 3.63) is 34.4 Å². The summed E-state index contributed by atoms with van der Waals surface area (Å²) in [7, 11) is 0. The molecule has 0 bridgehead atoms. The first kappa shape index (κ1) is 11.3. The van der Waals surface area contributed by atoms with Gasteiger partial charge in [0.2, 0.25) is 0 Å². The first-order valence-corrected chi connectivity index (χ1v) is 5.70. The molecule has 1 aromatic carbocycles. The lowest BCUT2D eigenvalue weighted by Gasteiger charge is -2.10. The third kappa shape index (κ3) is 2.60. The minimum Gasteiger partial charge on any atom is -0.0651 e. The summed E-state index contributed by atoms with van der Waals surface area (Å²) >= 11 is 0. The Morgan fingerprint density at radius 2 is 1.71 bits per heavy atom. The number of benzene rings is 1. The van der Waals surface area contributed by atoms with Crippen LogP contribution in [0.5, 0.6) is 0 Å². The zero-order valence-electron chi connectivity index (χ0n) is 9.91. The molecule has 0 amide bonds. The van der Waals surface area contributed by atoms with Gasteiger partial charge in [0.1, 0.15) is 0 Å². The third-order valence-electron chi connectivity index (χ3n) is 2.71. The fraction of sp³-hybridized carbons (Fsp3) is 0.571. The highest BCUT2D eigenvalue weighted by atomic mass is 14.1. The lowest BCUT2D eigenvalue weighted by Crippen LogP contribution is -1.96. The second-order valence-electron chi connectivity index (χ2n) is 4.08. The minimum atomic E-state index is 1.17. The van der Waals surface area contributed by atoms with Gasteiger partial charge in [-0.3, -0.25) is 0 Å². The summed E-state index contributed by atoms with van der Waals surface area (Å²) in [5.74, 6) is 0. The van der Waals surface area contributed by atoms with Crippen molar-refractivity contribution in [2.45, 2.75) is 53.4 Å². The maximum Gasteiger partial charge on any atom is -0.0112 e. The van der Waals surface area contributed by atoms with E-state index < -0.39 is 0 Å². The number of aryl methyl sites for hydroxylation is 4. The molecule has 1 radical (unpaired) electrons. The summed E-state index contributed by atoms with van der Waals surface area (Å²) in [5.41, 5.74) is 5.65. The second kappa shape index (κ2) is 5.19. The molecule has 0 N–H and O–H groups in total. The van der Waals surface area contributed by atoms with Gasteiger partial charge in [0.25, 0.3) is 0 Å². The van der Waals surface area contributed by atoms with Crippen LogP contribution in [0.1, 0.15) is 48.9 Å². The Morgan fingerprint density at radius 1 is 1.07 bits per heavy atom. The van der Waals surface area contributed by atoms with Crippen LogP contribution in [0.3, 0.4) is 0 Å². The molecule has 1 aromatic rings. The van der Waals surface area contributed by atoms with Crippen molar-refractivity contribution in [3.8, 4) is 0 Å². The molecule has 0 aliphatic carbocycles. The van der Waals surface area contributed by atoms with Crippen molar-refractivity contribution >= 4 is 0 Å². The highest BCUT2D eigenvalue weighted by Crippen LogP contribution is 2.18. The van der Waals surface area contributed by atoms with Crippen molar-refractivity contribution in [3.63, 3.8) is 0 Å². The lowest BCUT2D eigenvalue weighted by atomic mass is 9.95. The number of rotatable bonds is 4. The van der Waals surface area contributed by atoms with Crippen LogP contribution in [0.25, 0.3) is 0 Å². The summed E-state index contributed by atoms with van der Waals surface area (Å²) in [6.07, 6.45) is 4.79. The van der Waals surface area contributed by atoms with Gasteiger partial charge in [0.05, 0.1) is 0 Å². The van der Waals surface area contributed by atoms with Crippen LogP contribution in [0.15, 0.2) is 6.07 Å². The quantitative estimate of drug-likeness (QED) is 0.671. The van der Waals surface area contributed by atoms with E-state index in [-0.39, 0.29) is 0 Å². The predicted octanol–water partition coefficient (Wildman–Crippen LogP) is 4.01. The zero-order valence-corrected chi connectivity index (χ0v) is 9.91. The van der Waals surface area contributed by atoms with Gasteiger partial charge in [-0.15, -0.1) is 0 Å². The van der Waals surface area contributed by atoms with Crippen LogP contribution in [-0.2, 0) is 12.8 Å². The van der Waals surface area contributed by atoms with Crippen LogP contribution in [0, 0.1) is 19.9 Å². The summed E-state index contributed by atoms with van der Waals surface area (Å²) in [5, 5.41) is 0. The Balaban J connectivity index is 2.97. The average molecular weight is 189 g/mol. The second-order valence-corrected chi connectivity index (χ2v) is 4.08. The highest BCUT2D eigenvalue weighted by Gasteiger charge is 2.03. The predicted molar refractivity (Wildman–Crippen MR) is 62.7 cm³/mol. The molecule has 0 saturated carbocycles. The van der Waals surface area contributed by atoms with Crippen LogP contribution >= 0.6 is 0 Å². The molecule has 0 nitrogen and oxygen atoms in total. The number of hydrogen-bond donors (Lipinski definition) is 0. The molecule has 0 aliphatic rings. The lowest BCUT2D eigenvalue weighted by molar-refractivity contribution is 0.885. The molecule has 0 atom stereocenters. The first-order chi connectivity index (χ1) is 6.69. The van der Waals surface area contributed by atoms with Crippen LogP contribution < -0.4 is 0 Å². The maximum absolute atomic E-state index is 3.53.